The highest BCUT2D eigenvalue weighted by molar-refractivity contribution is 5.88. The summed E-state index contributed by atoms with van der Waals surface area (Å²) in [7, 11) is 0. The Morgan fingerprint density at radius 3 is 3.07 bits per heavy atom. The van der Waals surface area contributed by atoms with E-state index in [-0.39, 0.29) is 25.0 Å². The van der Waals surface area contributed by atoms with E-state index in [1.807, 2.05) is 0 Å². The zero-order valence-corrected chi connectivity index (χ0v) is 9.04. The van der Waals surface area contributed by atoms with E-state index in [9.17, 15) is 9.59 Å². The van der Waals surface area contributed by atoms with Crippen molar-refractivity contribution in [1.29, 1.82) is 0 Å². The van der Waals surface area contributed by atoms with Crippen LogP contribution in [0.5, 0.6) is 0 Å². The summed E-state index contributed by atoms with van der Waals surface area (Å²) in [5, 5.41) is 5.36. The minimum Gasteiger partial charge on any atom is -0.369 e. The number of unbranched alkanes of at least 4 members (excludes halogenated alkanes) is 2. The number of amides is 2. The third-order valence-corrected chi connectivity index (χ3v) is 2.25. The van der Waals surface area contributed by atoms with E-state index in [1.165, 1.54) is 0 Å². The van der Waals surface area contributed by atoms with E-state index in [1.54, 1.807) is 0 Å². The van der Waals surface area contributed by atoms with Crippen molar-refractivity contribution in [2.24, 2.45) is 0 Å². The molecule has 86 valence electrons. The number of ether oxygens (including phenoxy) is 1. The first-order chi connectivity index (χ1) is 7.24. The Hall–Kier alpha value is -1.10. The van der Waals surface area contributed by atoms with Gasteiger partial charge in [-0.25, -0.2) is 0 Å². The van der Waals surface area contributed by atoms with Crippen molar-refractivity contribution in [3.8, 4) is 0 Å². The minimum absolute atomic E-state index is 0.0552. The second kappa shape index (κ2) is 6.40. The van der Waals surface area contributed by atoms with E-state index < -0.39 is 6.04 Å². The molecule has 1 heterocycles. The summed E-state index contributed by atoms with van der Waals surface area (Å²) in [6, 6.07) is -0.520. The first kappa shape index (κ1) is 12.0. The number of hydrogen-bond donors (Lipinski definition) is 2. The van der Waals surface area contributed by atoms with Gasteiger partial charge in [-0.1, -0.05) is 19.8 Å². The molecule has 1 saturated heterocycles. The van der Waals surface area contributed by atoms with Crippen LogP contribution in [0, 0.1) is 0 Å². The van der Waals surface area contributed by atoms with E-state index in [2.05, 4.69) is 17.6 Å². The van der Waals surface area contributed by atoms with Crippen molar-refractivity contribution in [3.63, 3.8) is 0 Å². The number of morpholine rings is 1. The fourth-order valence-corrected chi connectivity index (χ4v) is 1.40. The van der Waals surface area contributed by atoms with Gasteiger partial charge in [0, 0.05) is 6.54 Å². The van der Waals surface area contributed by atoms with Crippen molar-refractivity contribution in [3.05, 3.63) is 0 Å². The van der Waals surface area contributed by atoms with Crippen LogP contribution in [-0.2, 0) is 14.3 Å². The highest BCUT2D eigenvalue weighted by Crippen LogP contribution is 1.95. The zero-order chi connectivity index (χ0) is 11.1. The standard InChI is InChI=1S/C10H18N2O3/c1-2-3-4-5-11-10(14)8-6-15-7-9(13)12-8/h8H,2-7H2,1H3,(H,11,14)(H,12,13). The van der Waals surface area contributed by atoms with Gasteiger partial charge in [-0.2, -0.15) is 0 Å². The van der Waals surface area contributed by atoms with E-state index in [4.69, 9.17) is 4.74 Å². The largest absolute Gasteiger partial charge is 0.369 e. The predicted octanol–water partition coefficient (Wildman–Crippen LogP) is -0.192. The molecule has 0 aliphatic carbocycles. The molecule has 15 heavy (non-hydrogen) atoms. The summed E-state index contributed by atoms with van der Waals surface area (Å²) in [6.45, 7) is 3.10. The molecule has 1 atom stereocenters. The third-order valence-electron chi connectivity index (χ3n) is 2.25. The molecule has 0 bridgehead atoms. The lowest BCUT2D eigenvalue weighted by Gasteiger charge is -2.22. The van der Waals surface area contributed by atoms with Gasteiger partial charge in [0.2, 0.25) is 11.8 Å². The maximum absolute atomic E-state index is 11.5. The average molecular weight is 214 g/mol. The van der Waals surface area contributed by atoms with Crippen molar-refractivity contribution in [2.75, 3.05) is 19.8 Å². The van der Waals surface area contributed by atoms with Gasteiger partial charge in [-0.3, -0.25) is 9.59 Å². The molecule has 0 aromatic carbocycles. The van der Waals surface area contributed by atoms with Crippen LogP contribution in [0.25, 0.3) is 0 Å². The molecule has 2 amide bonds. The van der Waals surface area contributed by atoms with Crippen molar-refractivity contribution < 1.29 is 14.3 Å². The number of carbonyl (C=O) groups is 2. The van der Waals surface area contributed by atoms with Crippen LogP contribution < -0.4 is 10.6 Å². The summed E-state index contributed by atoms with van der Waals surface area (Å²) in [4.78, 5) is 22.4. The molecular formula is C10H18N2O3. The second-order valence-corrected chi connectivity index (χ2v) is 3.63. The molecule has 1 rings (SSSR count). The zero-order valence-electron chi connectivity index (χ0n) is 9.04. The molecule has 5 heteroatoms. The molecule has 0 radical (unpaired) electrons. The Labute approximate surface area is 89.6 Å². The summed E-state index contributed by atoms with van der Waals surface area (Å²) in [5.74, 6) is -0.380. The first-order valence-corrected chi connectivity index (χ1v) is 5.39. The Balaban J connectivity index is 2.18. The smallest absolute Gasteiger partial charge is 0.246 e. The number of rotatable bonds is 5. The SMILES string of the molecule is CCCCCNC(=O)C1COCC(=O)N1. The summed E-state index contributed by atoms with van der Waals surface area (Å²) < 4.78 is 4.97. The lowest BCUT2D eigenvalue weighted by atomic mass is 10.2. The van der Waals surface area contributed by atoms with Crippen LogP contribution >= 0.6 is 0 Å². The molecule has 1 aliphatic heterocycles. The van der Waals surface area contributed by atoms with Crippen LogP contribution in [0.4, 0.5) is 0 Å². The summed E-state index contributed by atoms with van der Waals surface area (Å²) in [5.41, 5.74) is 0. The topological polar surface area (TPSA) is 67.4 Å². The van der Waals surface area contributed by atoms with Crippen molar-refractivity contribution in [1.82, 2.24) is 10.6 Å². The van der Waals surface area contributed by atoms with Gasteiger partial charge in [0.15, 0.2) is 0 Å². The number of carbonyl (C=O) groups excluding carboxylic acids is 2. The highest BCUT2D eigenvalue weighted by Gasteiger charge is 2.24. The molecule has 1 aliphatic rings. The molecule has 1 unspecified atom stereocenters. The van der Waals surface area contributed by atoms with Crippen LogP contribution in [0.3, 0.4) is 0 Å². The average Bonchev–Trinajstić information content (AvgIpc) is 2.24. The summed E-state index contributed by atoms with van der Waals surface area (Å²) in [6.07, 6.45) is 3.21. The molecule has 2 N–H and O–H groups in total. The maximum atomic E-state index is 11.5. The van der Waals surface area contributed by atoms with Gasteiger partial charge in [0.1, 0.15) is 12.6 Å². The van der Waals surface area contributed by atoms with Gasteiger partial charge >= 0.3 is 0 Å². The molecule has 0 saturated carbocycles. The first-order valence-electron chi connectivity index (χ1n) is 5.39. The molecular weight excluding hydrogens is 196 g/mol. The van der Waals surface area contributed by atoms with Gasteiger partial charge in [-0.05, 0) is 6.42 Å². The Kier molecular flexibility index (Phi) is 5.10. The van der Waals surface area contributed by atoms with Crippen LogP contribution in [-0.4, -0.2) is 37.6 Å². The maximum Gasteiger partial charge on any atom is 0.246 e. The Morgan fingerprint density at radius 1 is 1.60 bits per heavy atom. The van der Waals surface area contributed by atoms with Gasteiger partial charge < -0.3 is 15.4 Å². The molecule has 0 aromatic rings. The fourth-order valence-electron chi connectivity index (χ4n) is 1.40. The van der Waals surface area contributed by atoms with Crippen LogP contribution in [0.1, 0.15) is 26.2 Å². The fraction of sp³-hybridized carbons (Fsp3) is 0.800. The van der Waals surface area contributed by atoms with Crippen molar-refractivity contribution >= 4 is 11.8 Å². The van der Waals surface area contributed by atoms with Gasteiger partial charge in [0.25, 0.3) is 0 Å². The minimum atomic E-state index is -0.520. The number of nitrogens with one attached hydrogen (secondary N) is 2. The van der Waals surface area contributed by atoms with E-state index in [0.29, 0.717) is 6.54 Å². The lowest BCUT2D eigenvalue weighted by molar-refractivity contribution is -0.138. The second-order valence-electron chi connectivity index (χ2n) is 3.63. The lowest BCUT2D eigenvalue weighted by Crippen LogP contribution is -2.53. The van der Waals surface area contributed by atoms with Gasteiger partial charge in [0.05, 0.1) is 6.61 Å². The summed E-state index contributed by atoms with van der Waals surface area (Å²) >= 11 is 0. The van der Waals surface area contributed by atoms with Crippen LogP contribution in [0.15, 0.2) is 0 Å². The molecule has 0 aromatic heterocycles. The normalized spacial score (nSPS) is 20.9. The van der Waals surface area contributed by atoms with Crippen molar-refractivity contribution in [2.45, 2.75) is 32.2 Å². The number of hydrogen-bond acceptors (Lipinski definition) is 3. The molecule has 0 spiro atoms. The van der Waals surface area contributed by atoms with E-state index in [0.717, 1.165) is 19.3 Å². The highest BCUT2D eigenvalue weighted by atomic mass is 16.5. The molecule has 1 fully saturated rings. The van der Waals surface area contributed by atoms with E-state index >= 15 is 0 Å². The quantitative estimate of drug-likeness (QED) is 0.623. The van der Waals surface area contributed by atoms with Crippen LogP contribution in [0.2, 0.25) is 0 Å². The third kappa shape index (κ3) is 4.29. The molecule has 5 nitrogen and oxygen atoms in total. The Bertz CT molecular complexity index is 231. The monoisotopic (exact) mass is 214 g/mol. The Morgan fingerprint density at radius 2 is 2.40 bits per heavy atom. The predicted molar refractivity (Wildman–Crippen MR) is 55.3 cm³/mol. The van der Waals surface area contributed by atoms with Gasteiger partial charge in [-0.15, -0.1) is 0 Å².